The molecule has 0 aliphatic carbocycles. The number of nitrogens with zero attached hydrogens (tertiary/aromatic N) is 3. The molecule has 142 valence electrons. The molecule has 0 amide bonds. The van der Waals surface area contributed by atoms with Crippen molar-refractivity contribution >= 4 is 77.9 Å². The van der Waals surface area contributed by atoms with Crippen molar-refractivity contribution in [2.24, 2.45) is 0 Å². The Hall–Kier alpha value is -0.820. The molecule has 4 nitrogen and oxygen atoms in total. The summed E-state index contributed by atoms with van der Waals surface area (Å²) in [7, 11) is 0. The van der Waals surface area contributed by atoms with Gasteiger partial charge in [0, 0.05) is 35.2 Å². The number of anilines is 1. The average Bonchev–Trinajstić information content (AvgIpc) is 3.02. The predicted octanol–water partition coefficient (Wildman–Crippen LogP) is 5.97. The van der Waals surface area contributed by atoms with Crippen LogP contribution >= 0.6 is 72.2 Å². The number of nitrogens with two attached hydrogens (primary N) is 1. The summed E-state index contributed by atoms with van der Waals surface area (Å²) in [6.45, 7) is 0.696. The first-order valence-electron chi connectivity index (χ1n) is 6.91. The lowest BCUT2D eigenvalue weighted by Crippen LogP contribution is -2.06. The van der Waals surface area contributed by atoms with Crippen molar-refractivity contribution in [3.63, 3.8) is 0 Å². The molecule has 26 heavy (non-hydrogen) atoms. The Morgan fingerprint density at radius 3 is 2.50 bits per heavy atom. The topological polar surface area (TPSA) is 56.7 Å². The second-order valence-electron chi connectivity index (χ2n) is 4.93. The second kappa shape index (κ2) is 11.8. The van der Waals surface area contributed by atoms with Crippen LogP contribution in [0.1, 0.15) is 10.8 Å². The van der Waals surface area contributed by atoms with E-state index in [0.29, 0.717) is 22.3 Å². The van der Waals surface area contributed by atoms with E-state index in [1.165, 1.54) is 0 Å². The summed E-state index contributed by atoms with van der Waals surface area (Å²) in [5.74, 6) is 0. The van der Waals surface area contributed by atoms with Gasteiger partial charge in [-0.15, -0.1) is 37.2 Å². The quantitative estimate of drug-likeness (QED) is 0.463. The van der Waals surface area contributed by atoms with Crippen molar-refractivity contribution in [3.8, 4) is 0 Å². The number of benzene rings is 1. The van der Waals surface area contributed by atoms with Gasteiger partial charge in [0.05, 0.1) is 17.3 Å². The molecule has 2 heterocycles. The third kappa shape index (κ3) is 6.41. The van der Waals surface area contributed by atoms with E-state index in [4.69, 9.17) is 28.9 Å². The van der Waals surface area contributed by atoms with E-state index in [1.54, 1.807) is 36.5 Å². The third-order valence-electron chi connectivity index (χ3n) is 3.30. The summed E-state index contributed by atoms with van der Waals surface area (Å²) in [4.78, 5) is 8.45. The molecule has 0 bridgehead atoms. The molecule has 2 N–H and O–H groups in total. The first-order chi connectivity index (χ1) is 11.1. The molecule has 0 aliphatic rings. The number of aromatic nitrogens is 3. The highest BCUT2D eigenvalue weighted by Gasteiger charge is 2.19. The third-order valence-corrected chi connectivity index (χ3v) is 5.11. The Labute approximate surface area is 185 Å². The normalized spacial score (nSPS) is 10.8. The maximum atomic E-state index is 6.40. The van der Waals surface area contributed by atoms with Crippen LogP contribution in [0.2, 0.25) is 10.0 Å². The predicted molar refractivity (Wildman–Crippen MR) is 118 cm³/mol. The van der Waals surface area contributed by atoms with E-state index in [1.807, 2.05) is 35.0 Å². The standard InChI is InChI=1S/C16H14Cl2N4S.3ClH/c17-11-3-4-12(13(18)8-11)15(9-22-7-6-20-10-22)23-16-14(19)2-1-5-21-16;;;/h1-8,10,15H,9,19H2;3*1H. The summed E-state index contributed by atoms with van der Waals surface area (Å²) in [6.07, 6.45) is 7.18. The van der Waals surface area contributed by atoms with E-state index in [2.05, 4.69) is 9.97 Å². The molecular formula is C16H17Cl5N4S. The molecule has 0 radical (unpaired) electrons. The lowest BCUT2D eigenvalue weighted by molar-refractivity contribution is 0.683. The van der Waals surface area contributed by atoms with Gasteiger partial charge in [0.25, 0.3) is 0 Å². The molecule has 0 saturated heterocycles. The van der Waals surface area contributed by atoms with E-state index in [-0.39, 0.29) is 42.5 Å². The number of halogens is 5. The van der Waals surface area contributed by atoms with Crippen LogP contribution in [-0.2, 0) is 6.54 Å². The zero-order valence-electron chi connectivity index (χ0n) is 13.3. The molecule has 2 aromatic heterocycles. The monoisotopic (exact) mass is 472 g/mol. The van der Waals surface area contributed by atoms with E-state index in [9.17, 15) is 0 Å². The Balaban J connectivity index is 0.00000208. The maximum absolute atomic E-state index is 6.40. The summed E-state index contributed by atoms with van der Waals surface area (Å²) >= 11 is 14.0. The van der Waals surface area contributed by atoms with Gasteiger partial charge in [0.2, 0.25) is 0 Å². The number of thioether (sulfide) groups is 1. The van der Waals surface area contributed by atoms with Gasteiger partial charge in [-0.3, -0.25) is 0 Å². The molecular weight excluding hydrogens is 458 g/mol. The second-order valence-corrected chi connectivity index (χ2v) is 6.96. The Morgan fingerprint density at radius 1 is 1.12 bits per heavy atom. The van der Waals surface area contributed by atoms with Gasteiger partial charge < -0.3 is 10.3 Å². The van der Waals surface area contributed by atoms with Crippen molar-refractivity contribution in [2.45, 2.75) is 16.8 Å². The Kier molecular flexibility index (Phi) is 11.4. The maximum Gasteiger partial charge on any atom is 0.120 e. The number of imidazole rings is 1. The van der Waals surface area contributed by atoms with Gasteiger partial charge in [0.15, 0.2) is 0 Å². The first kappa shape index (κ1) is 25.2. The molecule has 0 fully saturated rings. The summed E-state index contributed by atoms with van der Waals surface area (Å²) in [5, 5.41) is 2.06. The van der Waals surface area contributed by atoms with Gasteiger partial charge in [-0.2, -0.15) is 0 Å². The fourth-order valence-corrected chi connectivity index (χ4v) is 3.96. The van der Waals surface area contributed by atoms with Gasteiger partial charge >= 0.3 is 0 Å². The highest BCUT2D eigenvalue weighted by atomic mass is 35.5. The minimum Gasteiger partial charge on any atom is -0.397 e. The lowest BCUT2D eigenvalue weighted by atomic mass is 10.1. The van der Waals surface area contributed by atoms with Crippen molar-refractivity contribution < 1.29 is 0 Å². The van der Waals surface area contributed by atoms with E-state index < -0.39 is 0 Å². The first-order valence-corrected chi connectivity index (χ1v) is 8.55. The minimum atomic E-state index is 0. The molecule has 0 aliphatic heterocycles. The SMILES string of the molecule is Cl.Cl.Cl.Nc1cccnc1SC(Cn1ccnc1)c1ccc(Cl)cc1Cl. The molecule has 1 aromatic carbocycles. The van der Waals surface area contributed by atoms with E-state index in [0.717, 1.165) is 10.6 Å². The average molecular weight is 475 g/mol. The number of nitrogen functional groups attached to an aromatic ring is 1. The summed E-state index contributed by atoms with van der Waals surface area (Å²) < 4.78 is 2.00. The molecule has 3 rings (SSSR count). The minimum absolute atomic E-state index is 0. The molecule has 3 aromatic rings. The van der Waals surface area contributed by atoms with Crippen LogP contribution in [0.15, 0.2) is 60.3 Å². The summed E-state index contributed by atoms with van der Waals surface area (Å²) in [6, 6.07) is 9.19. The molecule has 0 saturated carbocycles. The van der Waals surface area contributed by atoms with Crippen LogP contribution in [0.3, 0.4) is 0 Å². The van der Waals surface area contributed by atoms with Crippen LogP contribution in [0.4, 0.5) is 5.69 Å². The zero-order valence-corrected chi connectivity index (χ0v) is 18.1. The fraction of sp³-hybridized carbons (Fsp3) is 0.125. The van der Waals surface area contributed by atoms with Crippen molar-refractivity contribution in [3.05, 3.63) is 70.9 Å². The Morgan fingerprint density at radius 2 is 1.88 bits per heavy atom. The smallest absolute Gasteiger partial charge is 0.120 e. The van der Waals surface area contributed by atoms with Crippen molar-refractivity contribution in [2.75, 3.05) is 5.73 Å². The largest absolute Gasteiger partial charge is 0.397 e. The van der Waals surface area contributed by atoms with Crippen molar-refractivity contribution in [1.82, 2.24) is 14.5 Å². The number of hydrogen-bond acceptors (Lipinski definition) is 4. The van der Waals surface area contributed by atoms with E-state index >= 15 is 0 Å². The van der Waals surface area contributed by atoms with Crippen LogP contribution in [0, 0.1) is 0 Å². The van der Waals surface area contributed by atoms with Crippen molar-refractivity contribution in [1.29, 1.82) is 0 Å². The highest BCUT2D eigenvalue weighted by Crippen LogP contribution is 2.41. The van der Waals surface area contributed by atoms with Crippen LogP contribution < -0.4 is 5.73 Å². The fourth-order valence-electron chi connectivity index (χ4n) is 2.18. The molecule has 1 unspecified atom stereocenters. The number of rotatable bonds is 5. The number of pyridine rings is 1. The van der Waals surface area contributed by atoms with Crippen LogP contribution in [-0.4, -0.2) is 14.5 Å². The van der Waals surface area contributed by atoms with Crippen LogP contribution in [0.5, 0.6) is 0 Å². The Bertz CT molecular complexity index is 801. The molecule has 0 spiro atoms. The zero-order chi connectivity index (χ0) is 16.2. The van der Waals surface area contributed by atoms with Crippen LogP contribution in [0.25, 0.3) is 0 Å². The molecule has 10 heteroatoms. The van der Waals surface area contributed by atoms with Gasteiger partial charge in [0.1, 0.15) is 5.03 Å². The molecule has 1 atom stereocenters. The lowest BCUT2D eigenvalue weighted by Gasteiger charge is -2.19. The number of hydrogen-bond donors (Lipinski definition) is 1. The summed E-state index contributed by atoms with van der Waals surface area (Å²) in [5.41, 5.74) is 7.66. The van der Waals surface area contributed by atoms with Gasteiger partial charge in [-0.05, 0) is 29.8 Å². The van der Waals surface area contributed by atoms with Gasteiger partial charge in [-0.1, -0.05) is 41.0 Å². The highest BCUT2D eigenvalue weighted by molar-refractivity contribution is 7.99. The van der Waals surface area contributed by atoms with Gasteiger partial charge in [-0.25, -0.2) is 9.97 Å².